The van der Waals surface area contributed by atoms with Crippen molar-refractivity contribution >= 4 is 23.2 Å². The summed E-state index contributed by atoms with van der Waals surface area (Å²) >= 11 is 6.01. The topological polar surface area (TPSA) is 32.3 Å². The second kappa shape index (κ2) is 8.31. The molecule has 1 aliphatic heterocycles. The second-order valence-corrected chi connectivity index (χ2v) is 7.17. The van der Waals surface area contributed by atoms with E-state index < -0.39 is 11.7 Å². The van der Waals surface area contributed by atoms with Gasteiger partial charge >= 0.3 is 6.18 Å². The van der Waals surface area contributed by atoms with Crippen LogP contribution in [0.5, 0.6) is 0 Å². The van der Waals surface area contributed by atoms with Gasteiger partial charge in [0.1, 0.15) is 0 Å². The van der Waals surface area contributed by atoms with Crippen molar-refractivity contribution in [3.8, 4) is 0 Å². The summed E-state index contributed by atoms with van der Waals surface area (Å²) in [5.74, 6) is -0.721. The van der Waals surface area contributed by atoms with Crippen LogP contribution in [0.3, 0.4) is 0 Å². The van der Waals surface area contributed by atoms with Crippen molar-refractivity contribution < 1.29 is 18.0 Å². The van der Waals surface area contributed by atoms with E-state index in [0.717, 1.165) is 24.6 Å². The number of alkyl halides is 3. The van der Waals surface area contributed by atoms with E-state index in [2.05, 4.69) is 10.2 Å². The Morgan fingerprint density at radius 2 is 1.96 bits per heavy atom. The third-order valence-electron chi connectivity index (χ3n) is 4.66. The van der Waals surface area contributed by atoms with E-state index in [0.29, 0.717) is 24.5 Å². The Kier molecular flexibility index (Phi) is 6.07. The number of nitrogens with zero attached hydrogens (tertiary/aromatic N) is 1. The van der Waals surface area contributed by atoms with E-state index in [9.17, 15) is 18.0 Å². The van der Waals surface area contributed by atoms with Gasteiger partial charge < -0.3 is 5.32 Å². The lowest BCUT2D eigenvalue weighted by atomic mass is 9.96. The van der Waals surface area contributed by atoms with Gasteiger partial charge in [-0.25, -0.2) is 0 Å². The Bertz CT molecular complexity index is 810. The summed E-state index contributed by atoms with van der Waals surface area (Å²) in [7, 11) is 0. The summed E-state index contributed by atoms with van der Waals surface area (Å²) in [5.41, 5.74) is 0.0258. The van der Waals surface area contributed by atoms with Crippen LogP contribution in [0.25, 0.3) is 0 Å². The molecule has 0 radical (unpaired) electrons. The number of carbonyl (C=O) groups is 1. The predicted octanol–water partition coefficient (Wildman–Crippen LogP) is 5.21. The minimum Gasteiger partial charge on any atom is -0.325 e. The highest BCUT2D eigenvalue weighted by molar-refractivity contribution is 6.30. The van der Waals surface area contributed by atoms with Crippen molar-refractivity contribution in [3.05, 3.63) is 64.7 Å². The van der Waals surface area contributed by atoms with Crippen molar-refractivity contribution in [2.45, 2.75) is 25.6 Å². The van der Waals surface area contributed by atoms with Crippen molar-refractivity contribution in [1.82, 2.24) is 4.90 Å². The molecule has 0 saturated carbocycles. The standard InChI is InChI=1S/C20H20ClF3N2O/c21-16-7-3-5-14(11-16)12-26-10-4-6-15(13-26)19(27)25-18-9-2-1-8-17(18)20(22,23)24/h1-3,5,7-9,11,15H,4,6,10,12-13H2,(H,25,27). The maximum absolute atomic E-state index is 13.1. The first-order valence-corrected chi connectivity index (χ1v) is 9.14. The molecule has 1 amide bonds. The van der Waals surface area contributed by atoms with Crippen LogP contribution in [0.4, 0.5) is 18.9 Å². The van der Waals surface area contributed by atoms with Crippen LogP contribution in [0.2, 0.25) is 5.02 Å². The van der Waals surface area contributed by atoms with Crippen molar-refractivity contribution in [2.75, 3.05) is 18.4 Å². The highest BCUT2D eigenvalue weighted by Crippen LogP contribution is 2.35. The van der Waals surface area contributed by atoms with Crippen LogP contribution in [0.15, 0.2) is 48.5 Å². The summed E-state index contributed by atoms with van der Waals surface area (Å²) in [4.78, 5) is 14.7. The highest BCUT2D eigenvalue weighted by Gasteiger charge is 2.34. The van der Waals surface area contributed by atoms with Crippen molar-refractivity contribution in [3.63, 3.8) is 0 Å². The van der Waals surface area contributed by atoms with Crippen LogP contribution in [0, 0.1) is 5.92 Å². The van der Waals surface area contributed by atoms with Crippen molar-refractivity contribution in [1.29, 1.82) is 0 Å². The molecule has 1 fully saturated rings. The average molecular weight is 397 g/mol. The maximum Gasteiger partial charge on any atom is 0.418 e. The van der Waals surface area contributed by atoms with Crippen LogP contribution >= 0.6 is 11.6 Å². The molecule has 0 bridgehead atoms. The summed E-state index contributed by atoms with van der Waals surface area (Å²) in [6.07, 6.45) is -3.03. The molecule has 7 heteroatoms. The monoisotopic (exact) mass is 396 g/mol. The zero-order chi connectivity index (χ0) is 19.4. The van der Waals surface area contributed by atoms with Gasteiger partial charge in [-0.1, -0.05) is 35.9 Å². The molecule has 1 N–H and O–H groups in total. The van der Waals surface area contributed by atoms with Gasteiger partial charge in [0.15, 0.2) is 0 Å². The second-order valence-electron chi connectivity index (χ2n) is 6.74. The van der Waals surface area contributed by atoms with Gasteiger partial charge in [0.2, 0.25) is 5.91 Å². The number of nitrogens with one attached hydrogen (secondary N) is 1. The number of hydrogen-bond acceptors (Lipinski definition) is 2. The molecule has 1 aliphatic rings. The van der Waals surface area contributed by atoms with E-state index in [1.165, 1.54) is 18.2 Å². The lowest BCUT2D eigenvalue weighted by Gasteiger charge is -2.32. The number of anilines is 1. The average Bonchev–Trinajstić information content (AvgIpc) is 2.61. The van der Waals surface area contributed by atoms with E-state index in [-0.39, 0.29) is 17.5 Å². The maximum atomic E-state index is 13.1. The normalized spacial score (nSPS) is 18.3. The molecule has 3 nitrogen and oxygen atoms in total. The first-order valence-electron chi connectivity index (χ1n) is 8.77. The molecular weight excluding hydrogens is 377 g/mol. The van der Waals surface area contributed by atoms with Gasteiger partial charge in [-0.2, -0.15) is 13.2 Å². The number of hydrogen-bond donors (Lipinski definition) is 1. The molecule has 1 atom stereocenters. The lowest BCUT2D eigenvalue weighted by molar-refractivity contribution is -0.137. The van der Waals surface area contributed by atoms with Gasteiger partial charge in [0.05, 0.1) is 17.2 Å². The summed E-state index contributed by atoms with van der Waals surface area (Å²) in [6.45, 7) is 2.01. The van der Waals surface area contributed by atoms with Gasteiger partial charge in [-0.15, -0.1) is 0 Å². The number of para-hydroxylation sites is 1. The highest BCUT2D eigenvalue weighted by atomic mass is 35.5. The van der Waals surface area contributed by atoms with Gasteiger partial charge in [0.25, 0.3) is 0 Å². The number of halogens is 4. The largest absolute Gasteiger partial charge is 0.418 e. The summed E-state index contributed by atoms with van der Waals surface area (Å²) < 4.78 is 39.3. The molecule has 0 aromatic heterocycles. The first-order chi connectivity index (χ1) is 12.8. The molecule has 1 unspecified atom stereocenters. The molecule has 27 heavy (non-hydrogen) atoms. The molecule has 1 heterocycles. The third-order valence-corrected chi connectivity index (χ3v) is 4.90. The molecular formula is C20H20ClF3N2O. The SMILES string of the molecule is O=C(Nc1ccccc1C(F)(F)F)C1CCCN(Cc2cccc(Cl)c2)C1. The van der Waals surface area contributed by atoms with Gasteiger partial charge in [-0.05, 0) is 49.2 Å². The van der Waals surface area contributed by atoms with Crippen molar-refractivity contribution in [2.24, 2.45) is 5.92 Å². The fourth-order valence-corrected chi connectivity index (χ4v) is 3.59. The third kappa shape index (κ3) is 5.23. The summed E-state index contributed by atoms with van der Waals surface area (Å²) in [6, 6.07) is 12.6. The fourth-order valence-electron chi connectivity index (χ4n) is 3.38. The van der Waals surface area contributed by atoms with E-state index >= 15 is 0 Å². The van der Waals surface area contributed by atoms with E-state index in [4.69, 9.17) is 11.6 Å². The number of carbonyl (C=O) groups excluding carboxylic acids is 1. The molecule has 3 rings (SSSR count). The zero-order valence-corrected chi connectivity index (χ0v) is 15.4. The lowest BCUT2D eigenvalue weighted by Crippen LogP contribution is -2.40. The minimum atomic E-state index is -4.50. The predicted molar refractivity (Wildman–Crippen MR) is 99.5 cm³/mol. The van der Waals surface area contributed by atoms with Crippen LogP contribution in [-0.4, -0.2) is 23.9 Å². The quantitative estimate of drug-likeness (QED) is 0.769. The Labute approximate surface area is 161 Å². The molecule has 1 saturated heterocycles. The Balaban J connectivity index is 1.65. The Morgan fingerprint density at radius 1 is 1.19 bits per heavy atom. The van der Waals surface area contributed by atoms with E-state index in [1.807, 2.05) is 18.2 Å². The number of benzene rings is 2. The smallest absolute Gasteiger partial charge is 0.325 e. The number of amides is 1. The minimum absolute atomic E-state index is 0.193. The molecule has 0 aliphatic carbocycles. The Hall–Kier alpha value is -2.05. The molecule has 0 spiro atoms. The number of rotatable bonds is 4. The first kappa shape index (κ1) is 19.7. The fraction of sp³-hybridized carbons (Fsp3) is 0.350. The van der Waals surface area contributed by atoms with Crippen LogP contribution in [-0.2, 0) is 17.5 Å². The van der Waals surface area contributed by atoms with Gasteiger partial charge in [-0.3, -0.25) is 9.69 Å². The van der Waals surface area contributed by atoms with Gasteiger partial charge in [0, 0.05) is 18.1 Å². The van der Waals surface area contributed by atoms with Crippen LogP contribution < -0.4 is 5.32 Å². The molecule has 2 aromatic carbocycles. The van der Waals surface area contributed by atoms with Crippen LogP contribution in [0.1, 0.15) is 24.0 Å². The zero-order valence-electron chi connectivity index (χ0n) is 14.6. The molecule has 2 aromatic rings. The number of likely N-dealkylation sites (tertiary alicyclic amines) is 1. The molecule has 144 valence electrons. The number of piperidine rings is 1. The Morgan fingerprint density at radius 3 is 2.70 bits per heavy atom. The van der Waals surface area contributed by atoms with E-state index in [1.54, 1.807) is 6.07 Å². The summed E-state index contributed by atoms with van der Waals surface area (Å²) in [5, 5.41) is 3.13.